The maximum Gasteiger partial charge on any atom is 0.315 e. The molecule has 4 amide bonds. The molecule has 1 unspecified atom stereocenters. The van der Waals surface area contributed by atoms with Gasteiger partial charge in [-0.1, -0.05) is 43.7 Å². The van der Waals surface area contributed by atoms with E-state index < -0.39 is 6.04 Å². The minimum absolute atomic E-state index is 0.0368. The second-order valence-corrected chi connectivity index (χ2v) is 9.05. The van der Waals surface area contributed by atoms with Crippen molar-refractivity contribution >= 4 is 17.8 Å². The number of urea groups is 1. The van der Waals surface area contributed by atoms with Gasteiger partial charge >= 0.3 is 6.03 Å². The lowest BCUT2D eigenvalue weighted by Gasteiger charge is -2.33. The van der Waals surface area contributed by atoms with Gasteiger partial charge in [-0.2, -0.15) is 0 Å². The number of piperidine rings is 1. The first kappa shape index (κ1) is 24.4. The van der Waals surface area contributed by atoms with Crippen molar-refractivity contribution < 1.29 is 18.8 Å². The van der Waals surface area contributed by atoms with Crippen molar-refractivity contribution in [1.82, 2.24) is 20.9 Å². The quantitative estimate of drug-likeness (QED) is 0.570. The van der Waals surface area contributed by atoms with Gasteiger partial charge in [0.2, 0.25) is 5.91 Å². The molecule has 178 valence electrons. The highest BCUT2D eigenvalue weighted by Crippen LogP contribution is 2.15. The van der Waals surface area contributed by atoms with Crippen molar-refractivity contribution in [3.05, 3.63) is 59.5 Å². The molecule has 1 aliphatic rings. The number of carbonyl (C=O) groups is 3. The van der Waals surface area contributed by atoms with E-state index in [-0.39, 0.29) is 29.8 Å². The monoisotopic (exact) mass is 454 g/mol. The van der Waals surface area contributed by atoms with Gasteiger partial charge in [-0.05, 0) is 49.8 Å². The highest BCUT2D eigenvalue weighted by atomic mass is 16.3. The minimum atomic E-state index is -0.620. The van der Waals surface area contributed by atoms with Crippen LogP contribution < -0.4 is 16.0 Å². The molecule has 2 aromatic rings. The van der Waals surface area contributed by atoms with Gasteiger partial charge in [-0.25, -0.2) is 4.79 Å². The van der Waals surface area contributed by atoms with E-state index in [4.69, 9.17) is 4.42 Å². The molecule has 1 saturated heterocycles. The molecule has 1 aromatic carbocycles. The van der Waals surface area contributed by atoms with E-state index >= 15 is 0 Å². The number of carbonyl (C=O) groups excluding carboxylic acids is 3. The summed E-state index contributed by atoms with van der Waals surface area (Å²) in [4.78, 5) is 39.5. The van der Waals surface area contributed by atoms with Crippen LogP contribution in [0.5, 0.6) is 0 Å². The Kier molecular flexibility index (Phi) is 8.52. The van der Waals surface area contributed by atoms with E-state index in [0.717, 1.165) is 11.1 Å². The lowest BCUT2D eigenvalue weighted by Crippen LogP contribution is -2.54. The number of hydrogen-bond acceptors (Lipinski definition) is 4. The first-order chi connectivity index (χ1) is 15.8. The number of nitrogens with zero attached hydrogens (tertiary/aromatic N) is 1. The first-order valence-electron chi connectivity index (χ1n) is 11.5. The summed E-state index contributed by atoms with van der Waals surface area (Å²) in [7, 11) is 0. The number of amides is 4. The maximum atomic E-state index is 12.9. The van der Waals surface area contributed by atoms with Crippen molar-refractivity contribution in [2.24, 2.45) is 5.92 Å². The Morgan fingerprint density at radius 3 is 2.39 bits per heavy atom. The summed E-state index contributed by atoms with van der Waals surface area (Å²) in [6, 6.07) is 10.3. The second-order valence-electron chi connectivity index (χ2n) is 9.05. The fourth-order valence-corrected chi connectivity index (χ4v) is 3.89. The summed E-state index contributed by atoms with van der Waals surface area (Å²) in [6.07, 6.45) is 3.34. The minimum Gasteiger partial charge on any atom is -0.459 e. The fourth-order valence-electron chi connectivity index (χ4n) is 3.89. The molecule has 1 aromatic heterocycles. The highest BCUT2D eigenvalue weighted by Gasteiger charge is 2.28. The molecule has 8 nitrogen and oxygen atoms in total. The number of hydrogen-bond donors (Lipinski definition) is 3. The predicted octanol–water partition coefficient (Wildman–Crippen LogP) is 3.22. The smallest absolute Gasteiger partial charge is 0.315 e. The lowest BCUT2D eigenvalue weighted by atomic mass is 10.0. The molecule has 3 N–H and O–H groups in total. The van der Waals surface area contributed by atoms with Gasteiger partial charge in [0.25, 0.3) is 5.91 Å². The van der Waals surface area contributed by atoms with Gasteiger partial charge in [0.1, 0.15) is 6.04 Å². The van der Waals surface area contributed by atoms with Crippen LogP contribution in [0.15, 0.2) is 47.1 Å². The molecule has 0 spiro atoms. The van der Waals surface area contributed by atoms with Crippen LogP contribution in [0.25, 0.3) is 0 Å². The van der Waals surface area contributed by atoms with Crippen LogP contribution in [0.4, 0.5) is 4.79 Å². The third-order valence-corrected chi connectivity index (χ3v) is 5.76. The summed E-state index contributed by atoms with van der Waals surface area (Å²) in [6.45, 7) is 7.54. The van der Waals surface area contributed by atoms with Crippen LogP contribution in [0.1, 0.15) is 54.8 Å². The van der Waals surface area contributed by atoms with E-state index in [1.807, 2.05) is 45.0 Å². The Bertz CT molecular complexity index is 916. The van der Waals surface area contributed by atoms with Gasteiger partial charge < -0.3 is 25.3 Å². The van der Waals surface area contributed by atoms with Crippen molar-refractivity contribution in [2.75, 3.05) is 13.1 Å². The Morgan fingerprint density at radius 1 is 1.09 bits per heavy atom. The van der Waals surface area contributed by atoms with Gasteiger partial charge in [-0.15, -0.1) is 0 Å². The topological polar surface area (TPSA) is 104 Å². The van der Waals surface area contributed by atoms with Crippen molar-refractivity contribution in [2.45, 2.75) is 58.7 Å². The van der Waals surface area contributed by atoms with E-state index in [2.05, 4.69) is 16.0 Å². The number of likely N-dealkylation sites (tertiary alicyclic amines) is 1. The van der Waals surface area contributed by atoms with Crippen LogP contribution in [0.2, 0.25) is 0 Å². The summed E-state index contributed by atoms with van der Waals surface area (Å²) >= 11 is 0. The van der Waals surface area contributed by atoms with Crippen molar-refractivity contribution in [3.8, 4) is 0 Å². The third-order valence-electron chi connectivity index (χ3n) is 5.76. The van der Waals surface area contributed by atoms with Gasteiger partial charge in [0.15, 0.2) is 5.76 Å². The van der Waals surface area contributed by atoms with E-state index in [9.17, 15) is 14.4 Å². The standard InChI is InChI=1S/C25H34N4O4/c1-17(2)15-21(28-25(32)26-16-19-8-6-18(3)7-9-19)23(30)27-20-10-12-29(13-11-20)24(31)22-5-4-14-33-22/h4-9,14,17,20-21H,10-13,15-16H2,1-3H3,(H,27,30)(H2,26,28,32). The predicted molar refractivity (Wildman–Crippen MR) is 126 cm³/mol. The zero-order valence-corrected chi connectivity index (χ0v) is 19.6. The zero-order valence-electron chi connectivity index (χ0n) is 19.6. The average Bonchev–Trinajstić information content (AvgIpc) is 3.33. The maximum absolute atomic E-state index is 12.9. The van der Waals surface area contributed by atoms with Crippen LogP contribution >= 0.6 is 0 Å². The molecule has 0 saturated carbocycles. The second kappa shape index (κ2) is 11.5. The van der Waals surface area contributed by atoms with Crippen LogP contribution in [-0.2, 0) is 11.3 Å². The molecule has 0 radical (unpaired) electrons. The van der Waals surface area contributed by atoms with Crippen LogP contribution in [0.3, 0.4) is 0 Å². The van der Waals surface area contributed by atoms with E-state index in [0.29, 0.717) is 44.7 Å². The number of furan rings is 1. The third kappa shape index (κ3) is 7.37. The SMILES string of the molecule is Cc1ccc(CNC(=O)NC(CC(C)C)C(=O)NC2CCN(C(=O)c3ccco3)CC2)cc1. The van der Waals surface area contributed by atoms with Crippen LogP contribution in [-0.4, -0.2) is 47.9 Å². The summed E-state index contributed by atoms with van der Waals surface area (Å²) in [5, 5.41) is 8.72. The van der Waals surface area contributed by atoms with Crippen molar-refractivity contribution in [1.29, 1.82) is 0 Å². The number of rotatable bonds is 8. The van der Waals surface area contributed by atoms with E-state index in [1.54, 1.807) is 17.0 Å². The highest BCUT2D eigenvalue weighted by molar-refractivity contribution is 5.91. The number of benzene rings is 1. The summed E-state index contributed by atoms with van der Waals surface area (Å²) in [5.74, 6) is 0.251. The Hall–Kier alpha value is -3.29. The Balaban J connectivity index is 1.48. The van der Waals surface area contributed by atoms with Gasteiger partial charge in [-0.3, -0.25) is 9.59 Å². The molecule has 1 fully saturated rings. The molecule has 0 bridgehead atoms. The van der Waals surface area contributed by atoms with Crippen LogP contribution in [0, 0.1) is 12.8 Å². The molecule has 1 aliphatic heterocycles. The summed E-state index contributed by atoms with van der Waals surface area (Å²) in [5.41, 5.74) is 2.16. The largest absolute Gasteiger partial charge is 0.459 e. The molecule has 33 heavy (non-hydrogen) atoms. The molecule has 1 atom stereocenters. The normalized spacial score (nSPS) is 15.2. The summed E-state index contributed by atoms with van der Waals surface area (Å²) < 4.78 is 5.19. The Morgan fingerprint density at radius 2 is 1.79 bits per heavy atom. The molecular weight excluding hydrogens is 420 g/mol. The van der Waals surface area contributed by atoms with Gasteiger partial charge in [0, 0.05) is 25.7 Å². The average molecular weight is 455 g/mol. The number of nitrogens with one attached hydrogen (secondary N) is 3. The molecular formula is C25H34N4O4. The molecule has 3 rings (SSSR count). The Labute approximate surface area is 195 Å². The molecule has 8 heteroatoms. The molecule has 0 aliphatic carbocycles. The fraction of sp³-hybridized carbons (Fsp3) is 0.480. The zero-order chi connectivity index (χ0) is 23.8. The van der Waals surface area contributed by atoms with Crippen molar-refractivity contribution in [3.63, 3.8) is 0 Å². The van der Waals surface area contributed by atoms with E-state index in [1.165, 1.54) is 6.26 Å². The van der Waals surface area contributed by atoms with Gasteiger partial charge in [0.05, 0.1) is 6.26 Å². The number of aryl methyl sites for hydroxylation is 1. The molecule has 2 heterocycles. The lowest BCUT2D eigenvalue weighted by molar-refractivity contribution is -0.124. The first-order valence-corrected chi connectivity index (χ1v) is 11.5.